The number of nitrogens with zero attached hydrogens (tertiary/aromatic N) is 5. The predicted octanol–water partition coefficient (Wildman–Crippen LogP) is 0.484. The number of aromatic nitrogens is 3. The third kappa shape index (κ3) is 4.50. The summed E-state index contributed by atoms with van der Waals surface area (Å²) in [6.07, 6.45) is 3.49. The van der Waals surface area contributed by atoms with Gasteiger partial charge in [0.25, 0.3) is 0 Å². The summed E-state index contributed by atoms with van der Waals surface area (Å²) >= 11 is 0. The van der Waals surface area contributed by atoms with Crippen LogP contribution in [0.25, 0.3) is 0 Å². The van der Waals surface area contributed by atoms with E-state index >= 15 is 0 Å². The lowest BCUT2D eigenvalue weighted by atomic mass is 10.0. The summed E-state index contributed by atoms with van der Waals surface area (Å²) in [5.41, 5.74) is 5.81. The third-order valence-corrected chi connectivity index (χ3v) is 3.77. The molecule has 118 valence electrons. The Labute approximate surface area is 127 Å². The summed E-state index contributed by atoms with van der Waals surface area (Å²) in [4.78, 5) is 17.3. The number of nitrogens with two attached hydrogens (primary N) is 1. The Hall–Kier alpha value is -1.47. The number of anilines is 2. The van der Waals surface area contributed by atoms with E-state index in [0.717, 1.165) is 38.4 Å². The molecule has 3 N–H and O–H groups in total. The Balaban J connectivity index is 2.11. The van der Waals surface area contributed by atoms with Crippen molar-refractivity contribution < 1.29 is 0 Å². The lowest BCUT2D eigenvalue weighted by Crippen LogP contribution is -2.43. The maximum absolute atomic E-state index is 5.81. The van der Waals surface area contributed by atoms with E-state index in [0.29, 0.717) is 17.9 Å². The molecule has 2 rings (SSSR count). The fourth-order valence-corrected chi connectivity index (χ4v) is 2.73. The minimum Gasteiger partial charge on any atom is -0.368 e. The number of rotatable bonds is 6. The maximum atomic E-state index is 5.81. The molecule has 1 aliphatic heterocycles. The summed E-state index contributed by atoms with van der Waals surface area (Å²) in [5.74, 6) is 1.68. The van der Waals surface area contributed by atoms with E-state index in [4.69, 9.17) is 5.73 Å². The van der Waals surface area contributed by atoms with Crippen LogP contribution < -0.4 is 16.0 Å². The molecule has 1 aliphatic rings. The standard InChI is InChI=1S/C14H27N7/c1-4-9-21(11-5-7-16-8-6-11)10-12-17-13(15)19-14(18-12)20(2)3/h11,16H,4-10H2,1-3H3,(H2,15,17,18,19). The molecule has 2 heterocycles. The number of nitrogen functional groups attached to an aromatic ring is 1. The molecule has 1 fully saturated rings. The molecule has 1 aromatic rings. The molecular formula is C14H27N7. The molecule has 0 unspecified atom stereocenters. The van der Waals surface area contributed by atoms with Gasteiger partial charge in [-0.25, -0.2) is 0 Å². The van der Waals surface area contributed by atoms with Gasteiger partial charge in [0.1, 0.15) is 5.82 Å². The predicted molar refractivity (Wildman–Crippen MR) is 85.2 cm³/mol. The lowest BCUT2D eigenvalue weighted by molar-refractivity contribution is 0.150. The van der Waals surface area contributed by atoms with Gasteiger partial charge >= 0.3 is 0 Å². The minimum atomic E-state index is 0.297. The molecular weight excluding hydrogens is 266 g/mol. The average Bonchev–Trinajstić information content (AvgIpc) is 2.47. The van der Waals surface area contributed by atoms with Gasteiger partial charge in [-0.1, -0.05) is 6.92 Å². The van der Waals surface area contributed by atoms with Crippen LogP contribution in [0, 0.1) is 0 Å². The van der Waals surface area contributed by atoms with Crippen molar-refractivity contribution in [2.45, 2.75) is 38.8 Å². The largest absolute Gasteiger partial charge is 0.368 e. The summed E-state index contributed by atoms with van der Waals surface area (Å²) in [6, 6.07) is 0.604. The van der Waals surface area contributed by atoms with Gasteiger partial charge in [-0.2, -0.15) is 15.0 Å². The van der Waals surface area contributed by atoms with E-state index in [1.807, 2.05) is 19.0 Å². The second-order valence-electron chi connectivity index (χ2n) is 5.76. The molecule has 7 nitrogen and oxygen atoms in total. The number of nitrogens with one attached hydrogen (secondary N) is 1. The molecule has 0 saturated carbocycles. The zero-order valence-corrected chi connectivity index (χ0v) is 13.3. The van der Waals surface area contributed by atoms with Gasteiger partial charge in [0.15, 0.2) is 0 Å². The molecule has 0 spiro atoms. The van der Waals surface area contributed by atoms with Crippen LogP contribution >= 0.6 is 0 Å². The molecule has 7 heteroatoms. The van der Waals surface area contributed by atoms with Crippen LogP contribution in [0.4, 0.5) is 11.9 Å². The molecule has 21 heavy (non-hydrogen) atoms. The summed E-state index contributed by atoms with van der Waals surface area (Å²) in [5, 5.41) is 3.41. The van der Waals surface area contributed by atoms with Crippen LogP contribution in [0.1, 0.15) is 32.0 Å². The van der Waals surface area contributed by atoms with Gasteiger partial charge in [-0.15, -0.1) is 0 Å². The van der Waals surface area contributed by atoms with E-state index < -0.39 is 0 Å². The average molecular weight is 293 g/mol. The van der Waals surface area contributed by atoms with Crippen LogP contribution in [0.3, 0.4) is 0 Å². The topological polar surface area (TPSA) is 83.2 Å². The molecule has 0 bridgehead atoms. The number of piperidine rings is 1. The van der Waals surface area contributed by atoms with Gasteiger partial charge < -0.3 is 16.0 Å². The van der Waals surface area contributed by atoms with E-state index in [2.05, 4.69) is 32.1 Å². The van der Waals surface area contributed by atoms with E-state index in [1.54, 1.807) is 0 Å². The fraction of sp³-hybridized carbons (Fsp3) is 0.786. The number of hydrogen-bond donors (Lipinski definition) is 2. The highest BCUT2D eigenvalue weighted by Crippen LogP contribution is 2.16. The van der Waals surface area contributed by atoms with E-state index in [-0.39, 0.29) is 0 Å². The van der Waals surface area contributed by atoms with Gasteiger partial charge in [-0.3, -0.25) is 4.90 Å². The van der Waals surface area contributed by atoms with Gasteiger partial charge in [0, 0.05) is 20.1 Å². The molecule has 0 atom stereocenters. The van der Waals surface area contributed by atoms with Crippen molar-refractivity contribution in [2.75, 3.05) is 44.4 Å². The molecule has 0 aliphatic carbocycles. The van der Waals surface area contributed by atoms with Crippen LogP contribution in [0.2, 0.25) is 0 Å². The molecule has 0 radical (unpaired) electrons. The minimum absolute atomic E-state index is 0.297. The third-order valence-electron chi connectivity index (χ3n) is 3.77. The Kier molecular flexibility index (Phi) is 5.69. The van der Waals surface area contributed by atoms with Crippen LogP contribution in [-0.2, 0) is 6.54 Å². The van der Waals surface area contributed by atoms with Gasteiger partial charge in [-0.05, 0) is 38.9 Å². The van der Waals surface area contributed by atoms with Crippen molar-refractivity contribution in [3.05, 3.63) is 5.82 Å². The van der Waals surface area contributed by atoms with Gasteiger partial charge in [0.2, 0.25) is 11.9 Å². The normalized spacial score (nSPS) is 16.4. The highest BCUT2D eigenvalue weighted by Gasteiger charge is 2.21. The highest BCUT2D eigenvalue weighted by atomic mass is 15.3. The monoisotopic (exact) mass is 293 g/mol. The first-order valence-electron chi connectivity index (χ1n) is 7.72. The first kappa shape index (κ1) is 15.9. The first-order chi connectivity index (χ1) is 10.1. The van der Waals surface area contributed by atoms with E-state index in [9.17, 15) is 0 Å². The summed E-state index contributed by atoms with van der Waals surface area (Å²) < 4.78 is 0. The highest BCUT2D eigenvalue weighted by molar-refractivity contribution is 5.32. The van der Waals surface area contributed by atoms with Crippen LogP contribution in [-0.4, -0.2) is 59.6 Å². The Bertz CT molecular complexity index is 443. The SMILES string of the molecule is CCCN(Cc1nc(N)nc(N(C)C)n1)C1CCNCC1. The van der Waals surface area contributed by atoms with Crippen LogP contribution in [0.15, 0.2) is 0 Å². The second-order valence-corrected chi connectivity index (χ2v) is 5.76. The molecule has 1 saturated heterocycles. The van der Waals surface area contributed by atoms with Crippen molar-refractivity contribution in [2.24, 2.45) is 0 Å². The van der Waals surface area contributed by atoms with Crippen LogP contribution in [0.5, 0.6) is 0 Å². The zero-order valence-electron chi connectivity index (χ0n) is 13.3. The van der Waals surface area contributed by atoms with Crippen molar-refractivity contribution in [1.29, 1.82) is 0 Å². The Morgan fingerprint density at radius 3 is 2.52 bits per heavy atom. The molecule has 0 aromatic carbocycles. The maximum Gasteiger partial charge on any atom is 0.229 e. The Morgan fingerprint density at radius 1 is 1.19 bits per heavy atom. The second kappa shape index (κ2) is 7.51. The van der Waals surface area contributed by atoms with Crippen molar-refractivity contribution in [3.8, 4) is 0 Å². The Morgan fingerprint density at radius 2 is 1.90 bits per heavy atom. The molecule has 1 aromatic heterocycles. The summed E-state index contributed by atoms with van der Waals surface area (Å²) in [7, 11) is 3.82. The zero-order chi connectivity index (χ0) is 15.2. The lowest BCUT2D eigenvalue weighted by Gasteiger charge is -2.34. The fourth-order valence-electron chi connectivity index (χ4n) is 2.73. The first-order valence-corrected chi connectivity index (χ1v) is 7.72. The van der Waals surface area contributed by atoms with E-state index in [1.165, 1.54) is 12.8 Å². The smallest absolute Gasteiger partial charge is 0.229 e. The van der Waals surface area contributed by atoms with Gasteiger partial charge in [0.05, 0.1) is 6.54 Å². The van der Waals surface area contributed by atoms with Crippen molar-refractivity contribution in [1.82, 2.24) is 25.2 Å². The molecule has 0 amide bonds. The number of hydrogen-bond acceptors (Lipinski definition) is 7. The quantitative estimate of drug-likeness (QED) is 0.789. The summed E-state index contributed by atoms with van der Waals surface area (Å²) in [6.45, 7) is 6.20. The van der Waals surface area contributed by atoms with Crippen molar-refractivity contribution >= 4 is 11.9 Å². The van der Waals surface area contributed by atoms with Crippen molar-refractivity contribution in [3.63, 3.8) is 0 Å².